The quantitative estimate of drug-likeness (QED) is 0.0999. The number of ether oxygens (including phenoxy) is 3. The minimum Gasteiger partial charge on any atom is -0.735 e. The molecule has 10 atom stereocenters. The van der Waals surface area contributed by atoms with Crippen molar-refractivity contribution in [1.82, 2.24) is 4.72 Å². The van der Waals surface area contributed by atoms with E-state index in [2.05, 4.69) is 13.1 Å². The predicted molar refractivity (Wildman–Crippen MR) is 104 cm³/mol. The van der Waals surface area contributed by atoms with Gasteiger partial charge >= 0.3 is 0 Å². The maximum atomic E-state index is 11.4. The Kier molecular flexibility index (Phi) is 10.9. The summed E-state index contributed by atoms with van der Waals surface area (Å²) in [5.74, 6) is -3.87. The van der Waals surface area contributed by atoms with Crippen LogP contribution in [0, 0.1) is 5.92 Å². The first-order valence-corrected chi connectivity index (χ1v) is 14.1. The van der Waals surface area contributed by atoms with Gasteiger partial charge in [-0.25, -0.2) is 30.0 Å². The molecular formula is C14H21NO20S3-4. The first kappa shape index (κ1) is 33.0. The number of nitrogens with one attached hydrogen (secondary N) is 1. The second-order valence-electron chi connectivity index (χ2n) is 7.91. The van der Waals surface area contributed by atoms with Crippen molar-refractivity contribution in [3.8, 4) is 0 Å². The van der Waals surface area contributed by atoms with Crippen LogP contribution in [0.3, 0.4) is 0 Å². The van der Waals surface area contributed by atoms with Crippen LogP contribution >= 0.6 is 0 Å². The fourth-order valence-electron chi connectivity index (χ4n) is 3.68. The standard InChI is InChI=1S/C14H25NO20S3/c16-8-4(11(13(19)20)34-14(21)12(8)35-38(28,29)30)1-31-2-5-7(15-36(22,23)24)10(18)9(17)6(33-5)3-32-37(25,26)27/h4-12,14-18,21H,1-3H2,(H,19,20)(H,22,23,24)(H,25,26,27)(H,28,29,30)/p-4. The van der Waals surface area contributed by atoms with E-state index in [1.807, 2.05) is 0 Å². The van der Waals surface area contributed by atoms with E-state index >= 15 is 0 Å². The molecule has 2 heterocycles. The van der Waals surface area contributed by atoms with Crippen molar-refractivity contribution in [2.75, 3.05) is 19.8 Å². The Labute approximate surface area is 214 Å². The molecule has 0 aromatic carbocycles. The maximum Gasteiger partial charge on any atom is 0.218 e. The van der Waals surface area contributed by atoms with E-state index in [1.54, 1.807) is 0 Å². The number of carbonyl (C=O) groups is 1. The lowest BCUT2D eigenvalue weighted by atomic mass is 9.89. The number of carbonyl (C=O) groups excluding carboxylic acids is 1. The summed E-state index contributed by atoms with van der Waals surface area (Å²) in [5, 5.41) is 51.7. The molecular weight excluding hydrogens is 598 g/mol. The molecule has 2 fully saturated rings. The van der Waals surface area contributed by atoms with Crippen molar-refractivity contribution in [3.05, 3.63) is 0 Å². The normalized spacial score (nSPS) is 37.1. The van der Waals surface area contributed by atoms with Gasteiger partial charge in [0.25, 0.3) is 0 Å². The SMILES string of the molecule is O=C([O-])C1OC(O)C(OS(=O)(=O)[O-])C(O)C1COCC1OC(COS(=O)(=O)[O-])C(O)C(O)C1NS(=O)(=O)[O-]. The molecule has 0 saturated carbocycles. The molecule has 24 heteroatoms. The van der Waals surface area contributed by atoms with Crippen LogP contribution in [-0.4, -0.2) is 140 Å². The Morgan fingerprint density at radius 3 is 1.92 bits per heavy atom. The van der Waals surface area contributed by atoms with Crippen LogP contribution in [0.2, 0.25) is 0 Å². The highest BCUT2D eigenvalue weighted by molar-refractivity contribution is 7.83. The Bertz CT molecular complexity index is 1140. The summed E-state index contributed by atoms with van der Waals surface area (Å²) in [7, 11) is -16.2. The van der Waals surface area contributed by atoms with Gasteiger partial charge in [0.15, 0.2) is 22.7 Å². The molecule has 0 spiro atoms. The fraction of sp³-hybridized carbons (Fsp3) is 0.929. The smallest absolute Gasteiger partial charge is 0.218 e. The molecule has 0 amide bonds. The minimum atomic E-state index is -5.54. The van der Waals surface area contributed by atoms with Gasteiger partial charge in [0.1, 0.15) is 30.5 Å². The summed E-state index contributed by atoms with van der Waals surface area (Å²) < 4.78 is 122. The first-order chi connectivity index (χ1) is 17.2. The molecule has 2 saturated heterocycles. The monoisotopic (exact) mass is 619 g/mol. The first-order valence-electron chi connectivity index (χ1n) is 9.99. The molecule has 2 aliphatic heterocycles. The van der Waals surface area contributed by atoms with Crippen molar-refractivity contribution in [1.29, 1.82) is 0 Å². The van der Waals surface area contributed by atoms with Gasteiger partial charge in [-0.05, 0) is 0 Å². The van der Waals surface area contributed by atoms with E-state index in [4.69, 9.17) is 9.47 Å². The van der Waals surface area contributed by atoms with E-state index in [1.165, 1.54) is 4.72 Å². The molecule has 0 aromatic rings. The van der Waals surface area contributed by atoms with Crippen molar-refractivity contribution in [2.24, 2.45) is 5.92 Å². The van der Waals surface area contributed by atoms with Gasteiger partial charge in [-0.3, -0.25) is 8.37 Å². The highest BCUT2D eigenvalue weighted by atomic mass is 32.3. The molecule has 38 heavy (non-hydrogen) atoms. The van der Waals surface area contributed by atoms with Gasteiger partial charge in [-0.2, -0.15) is 0 Å². The number of aliphatic hydroxyl groups is 4. The van der Waals surface area contributed by atoms with E-state index in [9.17, 15) is 69.2 Å². The van der Waals surface area contributed by atoms with Crippen LogP contribution in [-0.2, 0) is 58.5 Å². The molecule has 0 radical (unpaired) electrons. The number of carboxylic acids is 1. The van der Waals surface area contributed by atoms with Gasteiger partial charge in [-0.1, -0.05) is 0 Å². The third-order valence-electron chi connectivity index (χ3n) is 5.29. The Balaban J connectivity index is 2.21. The van der Waals surface area contributed by atoms with Crippen LogP contribution in [0.4, 0.5) is 0 Å². The van der Waals surface area contributed by atoms with Gasteiger partial charge in [-0.15, -0.1) is 0 Å². The maximum absolute atomic E-state index is 11.4. The highest BCUT2D eigenvalue weighted by Crippen LogP contribution is 2.29. The zero-order chi connectivity index (χ0) is 29.2. The Morgan fingerprint density at radius 1 is 0.816 bits per heavy atom. The van der Waals surface area contributed by atoms with E-state index in [-0.39, 0.29) is 0 Å². The number of rotatable bonds is 12. The summed E-state index contributed by atoms with van der Waals surface area (Å²) in [6, 6.07) is -1.97. The lowest BCUT2D eigenvalue weighted by Gasteiger charge is -2.44. The van der Waals surface area contributed by atoms with Crippen molar-refractivity contribution >= 4 is 37.1 Å². The molecule has 0 aromatic heterocycles. The molecule has 5 N–H and O–H groups in total. The fourth-order valence-corrected chi connectivity index (χ4v) is 5.09. The topological polar surface area (TPSA) is 351 Å². The van der Waals surface area contributed by atoms with Gasteiger partial charge in [0.05, 0.1) is 37.9 Å². The molecule has 2 aliphatic rings. The molecule has 224 valence electrons. The largest absolute Gasteiger partial charge is 0.735 e. The van der Waals surface area contributed by atoms with Gasteiger partial charge in [0.2, 0.25) is 20.8 Å². The molecule has 21 nitrogen and oxygen atoms in total. The molecule has 10 unspecified atom stereocenters. The zero-order valence-electron chi connectivity index (χ0n) is 18.4. The third kappa shape index (κ3) is 9.47. The summed E-state index contributed by atoms with van der Waals surface area (Å²) in [5.41, 5.74) is 0. The van der Waals surface area contributed by atoms with Crippen LogP contribution in [0.5, 0.6) is 0 Å². The van der Waals surface area contributed by atoms with Crippen LogP contribution in [0.1, 0.15) is 0 Å². The van der Waals surface area contributed by atoms with Crippen molar-refractivity contribution in [3.63, 3.8) is 0 Å². The summed E-state index contributed by atoms with van der Waals surface area (Å²) in [4.78, 5) is 11.4. The lowest BCUT2D eigenvalue weighted by Crippen LogP contribution is -2.65. The lowest BCUT2D eigenvalue weighted by molar-refractivity contribution is -0.341. The number of hydrogen-bond acceptors (Lipinski definition) is 20. The summed E-state index contributed by atoms with van der Waals surface area (Å²) in [6.07, 6.45) is -17.1. The average Bonchev–Trinajstić information content (AvgIpc) is 2.74. The molecule has 2 rings (SSSR count). The number of hydrogen-bond donors (Lipinski definition) is 5. The average molecular weight is 620 g/mol. The number of carboxylic acid groups (broad SMARTS) is 1. The minimum absolute atomic E-state index is 0.922. The van der Waals surface area contributed by atoms with E-state index in [0.717, 1.165) is 0 Å². The predicted octanol–water partition coefficient (Wildman–Crippen LogP) is -8.32. The van der Waals surface area contributed by atoms with Crippen molar-refractivity contribution < 1.29 is 91.8 Å². The van der Waals surface area contributed by atoms with E-state index < -0.39 is 118 Å². The second-order valence-corrected chi connectivity index (χ2v) is 11.1. The Morgan fingerprint density at radius 2 is 1.42 bits per heavy atom. The van der Waals surface area contributed by atoms with Crippen molar-refractivity contribution in [2.45, 2.75) is 55.1 Å². The van der Waals surface area contributed by atoms with Crippen LogP contribution in [0.25, 0.3) is 0 Å². The third-order valence-corrected chi connectivity index (χ3v) is 6.73. The number of aliphatic carboxylic acids is 1. The second kappa shape index (κ2) is 12.5. The zero-order valence-corrected chi connectivity index (χ0v) is 20.9. The molecule has 0 bridgehead atoms. The van der Waals surface area contributed by atoms with Crippen LogP contribution < -0.4 is 9.83 Å². The molecule has 0 aliphatic carbocycles. The Hall–Kier alpha value is -1.20. The number of aliphatic hydroxyl groups excluding tert-OH is 4. The van der Waals surface area contributed by atoms with E-state index in [0.29, 0.717) is 0 Å². The van der Waals surface area contributed by atoms with Crippen LogP contribution in [0.15, 0.2) is 0 Å². The van der Waals surface area contributed by atoms with Gasteiger partial charge in [0, 0.05) is 5.92 Å². The summed E-state index contributed by atoms with van der Waals surface area (Å²) >= 11 is 0. The summed E-state index contributed by atoms with van der Waals surface area (Å²) in [6.45, 7) is -3.06. The highest BCUT2D eigenvalue weighted by Gasteiger charge is 2.48. The van der Waals surface area contributed by atoms with Gasteiger partial charge < -0.3 is 58.2 Å².